The van der Waals surface area contributed by atoms with E-state index in [9.17, 15) is 9.18 Å². The molecule has 0 radical (unpaired) electrons. The highest BCUT2D eigenvalue weighted by atomic mass is 32.1. The molecular formula is C10H7FN4OS. The van der Waals surface area contributed by atoms with Crippen LogP contribution in [0.5, 0.6) is 0 Å². The lowest BCUT2D eigenvalue weighted by Gasteiger charge is -1.96. The first-order valence-corrected chi connectivity index (χ1v) is 5.04. The van der Waals surface area contributed by atoms with Crippen LogP contribution in [0.2, 0.25) is 0 Å². The third-order valence-electron chi connectivity index (χ3n) is 1.91. The maximum absolute atomic E-state index is 12.9. The zero-order valence-electron chi connectivity index (χ0n) is 8.50. The summed E-state index contributed by atoms with van der Waals surface area (Å²) in [6.45, 7) is 0. The molecule has 5 nitrogen and oxygen atoms in total. The molecule has 86 valence electrons. The average molecular weight is 250 g/mol. The van der Waals surface area contributed by atoms with Gasteiger partial charge in [0.15, 0.2) is 0 Å². The Morgan fingerprint density at radius 2 is 2.35 bits per heavy atom. The molecule has 1 heterocycles. The van der Waals surface area contributed by atoms with E-state index < -0.39 is 5.56 Å². The van der Waals surface area contributed by atoms with Gasteiger partial charge in [0.05, 0.1) is 6.21 Å². The second-order valence-corrected chi connectivity index (χ2v) is 3.51. The minimum atomic E-state index is -0.457. The van der Waals surface area contributed by atoms with Crippen molar-refractivity contribution >= 4 is 18.4 Å². The first-order chi connectivity index (χ1) is 8.16. The van der Waals surface area contributed by atoms with Crippen LogP contribution in [0.15, 0.2) is 40.4 Å². The Hall–Kier alpha value is -2.15. The third-order valence-corrected chi connectivity index (χ3v) is 2.17. The Labute approximate surface area is 100 Å². The lowest BCUT2D eigenvalue weighted by molar-refractivity contribution is 0.627. The first-order valence-electron chi connectivity index (χ1n) is 4.63. The second-order valence-electron chi connectivity index (χ2n) is 3.12. The number of hydrogen-bond donors (Lipinski definition) is 1. The summed E-state index contributed by atoms with van der Waals surface area (Å²) in [5.74, 6) is -0.374. The van der Waals surface area contributed by atoms with Crippen LogP contribution in [0.25, 0.3) is 0 Å². The smallest absolute Gasteiger partial charge is 0.265 e. The molecule has 0 aliphatic heterocycles. The van der Waals surface area contributed by atoms with Crippen molar-refractivity contribution in [2.75, 3.05) is 0 Å². The van der Waals surface area contributed by atoms with Gasteiger partial charge in [-0.05, 0) is 29.9 Å². The molecule has 1 aromatic heterocycles. The van der Waals surface area contributed by atoms with E-state index in [1.54, 1.807) is 12.1 Å². The van der Waals surface area contributed by atoms with Crippen LogP contribution in [-0.4, -0.2) is 21.1 Å². The van der Waals surface area contributed by atoms with Crippen LogP contribution in [-0.2, 0) is 0 Å². The van der Waals surface area contributed by atoms with Gasteiger partial charge in [0, 0.05) is 0 Å². The minimum Gasteiger partial charge on any atom is -0.265 e. The fourth-order valence-electron chi connectivity index (χ4n) is 1.17. The highest BCUT2D eigenvalue weighted by Crippen LogP contribution is 2.00. The molecule has 0 fully saturated rings. The fraction of sp³-hybridized carbons (Fsp3) is 0. The number of nitrogens with zero attached hydrogens (tertiary/aromatic N) is 3. The predicted octanol–water partition coefficient (Wildman–Crippen LogP) is 1.32. The minimum absolute atomic E-state index is 0.0742. The SMILES string of the molecule is O=c1cn[nH]c(=S)n1/N=C/c1cccc(F)c1. The number of hydrogen-bond acceptors (Lipinski definition) is 4. The molecule has 7 heteroatoms. The number of aromatic amines is 1. The van der Waals surface area contributed by atoms with Crippen LogP contribution in [0.4, 0.5) is 4.39 Å². The first kappa shape index (κ1) is 11.3. The number of rotatable bonds is 2. The fourth-order valence-corrected chi connectivity index (χ4v) is 1.36. The molecule has 0 spiro atoms. The number of aromatic nitrogens is 3. The summed E-state index contributed by atoms with van der Waals surface area (Å²) in [4.78, 5) is 11.4. The van der Waals surface area contributed by atoms with Gasteiger partial charge in [-0.2, -0.15) is 14.9 Å². The molecule has 0 aliphatic rings. The van der Waals surface area contributed by atoms with Gasteiger partial charge >= 0.3 is 0 Å². The maximum Gasteiger partial charge on any atom is 0.293 e. The lowest BCUT2D eigenvalue weighted by Crippen LogP contribution is -2.18. The van der Waals surface area contributed by atoms with Crippen molar-refractivity contribution in [2.45, 2.75) is 0 Å². The van der Waals surface area contributed by atoms with E-state index in [0.29, 0.717) is 5.56 Å². The number of H-pyrrole nitrogens is 1. The number of halogens is 1. The Balaban J connectivity index is 2.39. The van der Waals surface area contributed by atoms with Crippen molar-refractivity contribution in [1.29, 1.82) is 0 Å². The van der Waals surface area contributed by atoms with Gasteiger partial charge < -0.3 is 0 Å². The molecule has 17 heavy (non-hydrogen) atoms. The molecule has 0 amide bonds. The van der Waals surface area contributed by atoms with Crippen molar-refractivity contribution in [2.24, 2.45) is 5.10 Å². The lowest BCUT2D eigenvalue weighted by atomic mass is 10.2. The Morgan fingerprint density at radius 3 is 3.06 bits per heavy atom. The third kappa shape index (κ3) is 2.70. The molecule has 1 aromatic carbocycles. The van der Waals surface area contributed by atoms with Crippen LogP contribution >= 0.6 is 12.2 Å². The average Bonchev–Trinajstić information content (AvgIpc) is 2.28. The van der Waals surface area contributed by atoms with Crippen molar-refractivity contribution in [3.05, 3.63) is 57.0 Å². The van der Waals surface area contributed by atoms with Crippen molar-refractivity contribution in [3.63, 3.8) is 0 Å². The van der Waals surface area contributed by atoms with Crippen LogP contribution in [0.3, 0.4) is 0 Å². The van der Waals surface area contributed by atoms with Crippen molar-refractivity contribution < 1.29 is 4.39 Å². The van der Waals surface area contributed by atoms with Crippen molar-refractivity contribution in [3.8, 4) is 0 Å². The Morgan fingerprint density at radius 1 is 1.53 bits per heavy atom. The summed E-state index contributed by atoms with van der Waals surface area (Å²) in [6.07, 6.45) is 2.40. The quantitative estimate of drug-likeness (QED) is 0.646. The van der Waals surface area contributed by atoms with E-state index in [-0.39, 0.29) is 10.6 Å². The molecule has 0 saturated heterocycles. The second kappa shape index (κ2) is 4.79. The van der Waals surface area contributed by atoms with E-state index in [0.717, 1.165) is 10.9 Å². The summed E-state index contributed by atoms with van der Waals surface area (Å²) in [5.41, 5.74) is 0.0736. The maximum atomic E-state index is 12.9. The molecule has 0 unspecified atom stereocenters. The summed E-state index contributed by atoms with van der Waals surface area (Å²) >= 11 is 4.84. The largest absolute Gasteiger partial charge is 0.293 e. The topological polar surface area (TPSA) is 63.0 Å². The summed E-state index contributed by atoms with van der Waals surface area (Å²) in [7, 11) is 0. The van der Waals surface area contributed by atoms with E-state index in [2.05, 4.69) is 15.3 Å². The standard InChI is InChI=1S/C10H7FN4OS/c11-8-3-1-2-7(4-8)5-13-15-9(16)6-12-14-10(15)17/h1-6H,(H,14,17)/b13-5+. The van der Waals surface area contributed by atoms with E-state index in [4.69, 9.17) is 12.2 Å². The van der Waals surface area contributed by atoms with E-state index in [1.807, 2.05) is 0 Å². The normalized spacial score (nSPS) is 10.9. The number of nitrogens with one attached hydrogen (secondary N) is 1. The van der Waals surface area contributed by atoms with E-state index >= 15 is 0 Å². The highest BCUT2D eigenvalue weighted by molar-refractivity contribution is 7.71. The van der Waals surface area contributed by atoms with Gasteiger partial charge in [-0.15, -0.1) is 0 Å². The molecular weight excluding hydrogens is 243 g/mol. The van der Waals surface area contributed by atoms with Gasteiger partial charge in [-0.3, -0.25) is 9.89 Å². The van der Waals surface area contributed by atoms with Gasteiger partial charge in [0.25, 0.3) is 5.56 Å². The molecule has 0 atom stereocenters. The van der Waals surface area contributed by atoms with E-state index in [1.165, 1.54) is 18.3 Å². The zero-order valence-corrected chi connectivity index (χ0v) is 9.32. The molecule has 2 rings (SSSR count). The molecule has 1 N–H and O–H groups in total. The van der Waals surface area contributed by atoms with Crippen LogP contribution < -0.4 is 5.56 Å². The van der Waals surface area contributed by atoms with Gasteiger partial charge in [0.2, 0.25) is 4.77 Å². The van der Waals surface area contributed by atoms with Crippen LogP contribution in [0, 0.1) is 10.6 Å². The van der Waals surface area contributed by atoms with Gasteiger partial charge in [-0.25, -0.2) is 4.39 Å². The monoisotopic (exact) mass is 250 g/mol. The van der Waals surface area contributed by atoms with Gasteiger partial charge in [0.1, 0.15) is 12.0 Å². The molecule has 0 aliphatic carbocycles. The Kier molecular flexibility index (Phi) is 3.20. The number of benzene rings is 1. The summed E-state index contributed by atoms with van der Waals surface area (Å²) in [5, 5.41) is 9.80. The summed E-state index contributed by atoms with van der Waals surface area (Å²) < 4.78 is 13.9. The highest BCUT2D eigenvalue weighted by Gasteiger charge is 1.95. The molecule has 2 aromatic rings. The molecule has 0 saturated carbocycles. The van der Waals surface area contributed by atoms with Gasteiger partial charge in [-0.1, -0.05) is 12.1 Å². The molecule has 0 bridgehead atoms. The predicted molar refractivity (Wildman–Crippen MR) is 63.1 cm³/mol. The Bertz CT molecular complexity index is 648. The van der Waals surface area contributed by atoms with Crippen molar-refractivity contribution in [1.82, 2.24) is 14.9 Å². The van der Waals surface area contributed by atoms with Crippen LogP contribution in [0.1, 0.15) is 5.56 Å². The zero-order chi connectivity index (χ0) is 12.3. The summed E-state index contributed by atoms with van der Waals surface area (Å²) in [6, 6.07) is 5.82.